The van der Waals surface area contributed by atoms with Gasteiger partial charge in [-0.2, -0.15) is 4.98 Å². The fraction of sp³-hybridized carbons (Fsp3) is 0.692. The van der Waals surface area contributed by atoms with Gasteiger partial charge in [0.05, 0.1) is 19.3 Å². The van der Waals surface area contributed by atoms with Crippen LogP contribution in [0.4, 0.5) is 5.95 Å². The van der Waals surface area contributed by atoms with Crippen LogP contribution in [-0.4, -0.2) is 42.4 Å². The maximum atomic E-state index is 5.80. The van der Waals surface area contributed by atoms with Gasteiger partial charge >= 0.3 is 0 Å². The number of anilines is 1. The lowest BCUT2D eigenvalue weighted by Gasteiger charge is -2.33. The molecule has 0 bridgehead atoms. The molecule has 1 atom stereocenters. The summed E-state index contributed by atoms with van der Waals surface area (Å²) in [7, 11) is 0. The Morgan fingerprint density at radius 2 is 2.39 bits per heavy atom. The molecule has 3 rings (SSSR count). The highest BCUT2D eigenvalue weighted by Crippen LogP contribution is 2.36. The van der Waals surface area contributed by atoms with Crippen LogP contribution < -0.4 is 9.64 Å². The molecule has 98 valence electrons. The molecule has 0 amide bonds. The van der Waals surface area contributed by atoms with Gasteiger partial charge < -0.3 is 14.4 Å². The van der Waals surface area contributed by atoms with Crippen molar-refractivity contribution in [3.63, 3.8) is 0 Å². The van der Waals surface area contributed by atoms with Crippen LogP contribution in [0, 0.1) is 5.92 Å². The highest BCUT2D eigenvalue weighted by atomic mass is 16.5. The van der Waals surface area contributed by atoms with Crippen LogP contribution in [0.1, 0.15) is 19.8 Å². The fourth-order valence-corrected chi connectivity index (χ4v) is 2.32. The highest BCUT2D eigenvalue weighted by Gasteiger charge is 2.35. The first-order valence-electron chi connectivity index (χ1n) is 6.69. The third-order valence-corrected chi connectivity index (χ3v) is 3.43. The number of rotatable bonds is 4. The zero-order chi connectivity index (χ0) is 12.4. The lowest BCUT2D eigenvalue weighted by atomic mass is 10.2. The van der Waals surface area contributed by atoms with Gasteiger partial charge in [0.2, 0.25) is 11.8 Å². The molecule has 1 aromatic rings. The second-order valence-electron chi connectivity index (χ2n) is 4.82. The first kappa shape index (κ1) is 11.7. The smallest absolute Gasteiger partial charge is 0.228 e. The molecule has 1 aromatic heterocycles. The maximum Gasteiger partial charge on any atom is 0.228 e. The van der Waals surface area contributed by atoms with Crippen molar-refractivity contribution < 1.29 is 9.47 Å². The highest BCUT2D eigenvalue weighted by molar-refractivity contribution is 5.33. The van der Waals surface area contributed by atoms with Gasteiger partial charge in [0.1, 0.15) is 0 Å². The monoisotopic (exact) mass is 249 g/mol. The zero-order valence-corrected chi connectivity index (χ0v) is 10.7. The van der Waals surface area contributed by atoms with E-state index in [2.05, 4.69) is 14.9 Å². The number of hydrogen-bond acceptors (Lipinski definition) is 5. The Bertz CT molecular complexity index is 409. The molecule has 0 aromatic carbocycles. The molecule has 2 fully saturated rings. The van der Waals surface area contributed by atoms with Crippen molar-refractivity contribution in [3.8, 4) is 5.88 Å². The minimum Gasteiger partial charge on any atom is -0.478 e. The molecule has 0 N–H and O–H groups in total. The van der Waals surface area contributed by atoms with Crippen molar-refractivity contribution in [1.82, 2.24) is 9.97 Å². The van der Waals surface area contributed by atoms with E-state index in [4.69, 9.17) is 9.47 Å². The molecule has 2 aliphatic rings. The third kappa shape index (κ3) is 2.56. The van der Waals surface area contributed by atoms with Gasteiger partial charge in [-0.3, -0.25) is 0 Å². The van der Waals surface area contributed by atoms with Crippen LogP contribution in [-0.2, 0) is 4.74 Å². The zero-order valence-electron chi connectivity index (χ0n) is 10.7. The Kier molecular flexibility index (Phi) is 3.32. The quantitative estimate of drug-likeness (QED) is 0.809. The van der Waals surface area contributed by atoms with Gasteiger partial charge in [0.25, 0.3) is 0 Å². The van der Waals surface area contributed by atoms with E-state index in [1.54, 1.807) is 12.3 Å². The molecule has 1 saturated heterocycles. The Labute approximate surface area is 107 Å². The van der Waals surface area contributed by atoms with E-state index in [0.717, 1.165) is 31.6 Å². The predicted octanol–water partition coefficient (Wildman–Crippen LogP) is 1.49. The van der Waals surface area contributed by atoms with Crippen LogP contribution in [0.5, 0.6) is 5.88 Å². The summed E-state index contributed by atoms with van der Waals surface area (Å²) in [6, 6.07) is 1.80. The maximum absolute atomic E-state index is 5.80. The molecule has 5 heteroatoms. The summed E-state index contributed by atoms with van der Waals surface area (Å²) in [5.74, 6) is 2.16. The molecule has 1 saturated carbocycles. The summed E-state index contributed by atoms with van der Waals surface area (Å²) in [6.45, 7) is 5.12. The van der Waals surface area contributed by atoms with Crippen molar-refractivity contribution in [3.05, 3.63) is 12.3 Å². The van der Waals surface area contributed by atoms with E-state index >= 15 is 0 Å². The van der Waals surface area contributed by atoms with Gasteiger partial charge in [0.15, 0.2) is 0 Å². The van der Waals surface area contributed by atoms with E-state index in [9.17, 15) is 0 Å². The van der Waals surface area contributed by atoms with Crippen molar-refractivity contribution in [1.29, 1.82) is 0 Å². The van der Waals surface area contributed by atoms with Crippen LogP contribution in [0.3, 0.4) is 0 Å². The Morgan fingerprint density at radius 3 is 3.17 bits per heavy atom. The summed E-state index contributed by atoms with van der Waals surface area (Å²) < 4.78 is 11.2. The van der Waals surface area contributed by atoms with Gasteiger partial charge in [-0.1, -0.05) is 0 Å². The topological polar surface area (TPSA) is 47.5 Å². The Hall–Kier alpha value is -1.36. The van der Waals surface area contributed by atoms with Gasteiger partial charge in [0, 0.05) is 25.4 Å². The number of hydrogen-bond donors (Lipinski definition) is 0. The average molecular weight is 249 g/mol. The van der Waals surface area contributed by atoms with Crippen molar-refractivity contribution in [2.75, 3.05) is 31.2 Å². The summed E-state index contributed by atoms with van der Waals surface area (Å²) in [5, 5.41) is 0. The molecule has 2 heterocycles. The summed E-state index contributed by atoms with van der Waals surface area (Å²) in [6.07, 6.45) is 4.73. The average Bonchev–Trinajstić information content (AvgIpc) is 3.24. The molecule has 5 nitrogen and oxygen atoms in total. The normalized spacial score (nSPS) is 24.1. The van der Waals surface area contributed by atoms with Crippen molar-refractivity contribution >= 4 is 5.95 Å². The van der Waals surface area contributed by atoms with Crippen LogP contribution in [0.15, 0.2) is 12.3 Å². The second-order valence-corrected chi connectivity index (χ2v) is 4.82. The number of nitrogens with zero attached hydrogens (tertiary/aromatic N) is 3. The van der Waals surface area contributed by atoms with E-state index in [-0.39, 0.29) is 0 Å². The molecule has 1 aliphatic heterocycles. The first-order valence-corrected chi connectivity index (χ1v) is 6.69. The summed E-state index contributed by atoms with van der Waals surface area (Å²) >= 11 is 0. The summed E-state index contributed by atoms with van der Waals surface area (Å²) in [4.78, 5) is 11.0. The minimum absolute atomic E-state index is 0.359. The largest absolute Gasteiger partial charge is 0.478 e. The van der Waals surface area contributed by atoms with Crippen molar-refractivity contribution in [2.24, 2.45) is 5.92 Å². The van der Waals surface area contributed by atoms with Crippen LogP contribution in [0.2, 0.25) is 0 Å². The molecular weight excluding hydrogens is 230 g/mol. The Morgan fingerprint density at radius 1 is 1.50 bits per heavy atom. The molecule has 0 spiro atoms. The molecule has 18 heavy (non-hydrogen) atoms. The second kappa shape index (κ2) is 5.10. The predicted molar refractivity (Wildman–Crippen MR) is 67.9 cm³/mol. The van der Waals surface area contributed by atoms with Gasteiger partial charge in [-0.25, -0.2) is 4.98 Å². The SMILES string of the molecule is CCOc1ccnc(N2CCO[C@H](C3CC3)C2)n1. The molecular formula is C13H19N3O2. The minimum atomic E-state index is 0.359. The lowest BCUT2D eigenvalue weighted by Crippen LogP contribution is -2.44. The third-order valence-electron chi connectivity index (χ3n) is 3.43. The number of aromatic nitrogens is 2. The summed E-state index contributed by atoms with van der Waals surface area (Å²) in [5.41, 5.74) is 0. The first-order chi connectivity index (χ1) is 8.86. The Balaban J connectivity index is 1.70. The van der Waals surface area contributed by atoms with E-state index in [0.29, 0.717) is 18.6 Å². The lowest BCUT2D eigenvalue weighted by molar-refractivity contribution is 0.0258. The standard InChI is InChI=1S/C13H19N3O2/c1-2-17-12-5-6-14-13(15-12)16-7-8-18-11(9-16)10-3-4-10/h5-6,10-11H,2-4,7-9H2,1H3/t11-/m0/s1. The number of morpholine rings is 1. The number of ether oxygens (including phenoxy) is 2. The van der Waals surface area contributed by atoms with Crippen LogP contribution in [0.25, 0.3) is 0 Å². The molecule has 0 radical (unpaired) electrons. The van der Waals surface area contributed by atoms with Gasteiger partial charge in [-0.15, -0.1) is 0 Å². The molecule has 1 aliphatic carbocycles. The van der Waals surface area contributed by atoms with Crippen LogP contribution >= 0.6 is 0 Å². The van der Waals surface area contributed by atoms with E-state index < -0.39 is 0 Å². The van der Waals surface area contributed by atoms with Gasteiger partial charge in [-0.05, 0) is 25.7 Å². The molecule has 0 unspecified atom stereocenters. The fourth-order valence-electron chi connectivity index (χ4n) is 2.32. The van der Waals surface area contributed by atoms with E-state index in [1.807, 2.05) is 6.92 Å². The van der Waals surface area contributed by atoms with E-state index in [1.165, 1.54) is 12.8 Å². The van der Waals surface area contributed by atoms with Crippen molar-refractivity contribution in [2.45, 2.75) is 25.9 Å².